The molecule has 2 rings (SSSR count). The van der Waals surface area contributed by atoms with Gasteiger partial charge in [-0.05, 0) is 23.3 Å². The lowest BCUT2D eigenvalue weighted by Crippen LogP contribution is -2.35. The van der Waals surface area contributed by atoms with Crippen LogP contribution in [0.15, 0.2) is 65.6 Å². The number of carbonyl (C=O) groups excluding carboxylic acids is 1. The average Bonchev–Trinajstić information content (AvgIpc) is 2.57. The molecule has 0 aliphatic rings. The summed E-state index contributed by atoms with van der Waals surface area (Å²) in [5.41, 5.74) is 1.91. The lowest BCUT2D eigenvalue weighted by molar-refractivity contribution is 0.241. The maximum Gasteiger partial charge on any atom is 0.315 e. The second-order valence-electron chi connectivity index (χ2n) is 5.29. The lowest BCUT2D eigenvalue weighted by Gasteiger charge is -2.06. The van der Waals surface area contributed by atoms with Gasteiger partial charge in [0, 0.05) is 19.3 Å². The third-order valence-electron chi connectivity index (χ3n) is 3.29. The maximum atomic E-state index is 11.7. The number of amides is 2. The zero-order chi connectivity index (χ0) is 17.4. The predicted molar refractivity (Wildman–Crippen MR) is 95.3 cm³/mol. The molecule has 0 atom stereocenters. The van der Waals surface area contributed by atoms with Crippen molar-refractivity contribution < 1.29 is 13.2 Å². The molecule has 0 heterocycles. The number of benzene rings is 2. The van der Waals surface area contributed by atoms with Crippen molar-refractivity contribution >= 4 is 21.9 Å². The monoisotopic (exact) mass is 344 g/mol. The van der Waals surface area contributed by atoms with Gasteiger partial charge in [-0.1, -0.05) is 54.6 Å². The first-order chi connectivity index (χ1) is 11.4. The molecule has 2 aromatic rings. The van der Waals surface area contributed by atoms with Gasteiger partial charge < -0.3 is 10.6 Å². The molecule has 0 radical (unpaired) electrons. The Morgan fingerprint density at radius 2 is 1.67 bits per heavy atom. The molecular formula is C18H20N2O3S. The van der Waals surface area contributed by atoms with Crippen LogP contribution in [0.2, 0.25) is 0 Å². The van der Waals surface area contributed by atoms with Gasteiger partial charge in [0.1, 0.15) is 0 Å². The van der Waals surface area contributed by atoms with Gasteiger partial charge in [0.25, 0.3) is 0 Å². The van der Waals surface area contributed by atoms with Crippen LogP contribution in [0.1, 0.15) is 11.1 Å². The molecule has 6 heteroatoms. The van der Waals surface area contributed by atoms with Gasteiger partial charge in [0.2, 0.25) is 0 Å². The Morgan fingerprint density at radius 1 is 1.00 bits per heavy atom. The third kappa shape index (κ3) is 5.89. The molecule has 24 heavy (non-hydrogen) atoms. The van der Waals surface area contributed by atoms with E-state index in [9.17, 15) is 13.2 Å². The van der Waals surface area contributed by atoms with E-state index in [-0.39, 0.29) is 10.9 Å². The Hall–Kier alpha value is -2.60. The van der Waals surface area contributed by atoms with Crippen LogP contribution in [-0.4, -0.2) is 27.2 Å². The van der Waals surface area contributed by atoms with E-state index in [1.54, 1.807) is 12.1 Å². The highest BCUT2D eigenvalue weighted by atomic mass is 32.2. The number of hydrogen-bond acceptors (Lipinski definition) is 3. The van der Waals surface area contributed by atoms with E-state index in [4.69, 9.17) is 0 Å². The zero-order valence-electron chi connectivity index (χ0n) is 13.4. The van der Waals surface area contributed by atoms with Crippen LogP contribution in [0.4, 0.5) is 4.79 Å². The molecule has 0 saturated heterocycles. The summed E-state index contributed by atoms with van der Waals surface area (Å²) in [4.78, 5) is 12.0. The lowest BCUT2D eigenvalue weighted by atomic mass is 10.2. The quantitative estimate of drug-likeness (QED) is 0.846. The summed E-state index contributed by atoms with van der Waals surface area (Å²) in [5.74, 6) is 0. The van der Waals surface area contributed by atoms with Crippen molar-refractivity contribution in [3.8, 4) is 0 Å². The van der Waals surface area contributed by atoms with Gasteiger partial charge in [0.05, 0.1) is 4.90 Å². The van der Waals surface area contributed by atoms with Crippen LogP contribution in [0.5, 0.6) is 0 Å². The molecule has 5 nitrogen and oxygen atoms in total. The first-order valence-corrected chi connectivity index (χ1v) is 9.36. The first kappa shape index (κ1) is 17.7. The van der Waals surface area contributed by atoms with Gasteiger partial charge in [-0.25, -0.2) is 13.2 Å². The van der Waals surface area contributed by atoms with Gasteiger partial charge in [0.15, 0.2) is 9.84 Å². The standard InChI is InChI=1S/C18H20N2O3S/c1-24(22,23)17-11-9-16(10-12-17)14-20-18(21)19-13-5-8-15-6-3-2-4-7-15/h2-12H,13-14H2,1H3,(H2,19,20,21). The maximum absolute atomic E-state index is 11.7. The van der Waals surface area contributed by atoms with Crippen LogP contribution in [0.3, 0.4) is 0 Å². The van der Waals surface area contributed by atoms with E-state index in [0.29, 0.717) is 13.1 Å². The zero-order valence-corrected chi connectivity index (χ0v) is 14.2. The Kier molecular flexibility index (Phi) is 6.14. The number of urea groups is 1. The second-order valence-corrected chi connectivity index (χ2v) is 7.31. The minimum absolute atomic E-state index is 0.266. The van der Waals surface area contributed by atoms with Crippen molar-refractivity contribution in [2.75, 3.05) is 12.8 Å². The largest absolute Gasteiger partial charge is 0.335 e. The van der Waals surface area contributed by atoms with Crippen molar-refractivity contribution in [3.05, 3.63) is 71.8 Å². The fourth-order valence-electron chi connectivity index (χ4n) is 2.01. The summed E-state index contributed by atoms with van der Waals surface area (Å²) in [5, 5.41) is 5.45. The summed E-state index contributed by atoms with van der Waals surface area (Å²) >= 11 is 0. The highest BCUT2D eigenvalue weighted by Gasteiger charge is 2.06. The summed E-state index contributed by atoms with van der Waals surface area (Å²) in [6.45, 7) is 0.756. The average molecular weight is 344 g/mol. The van der Waals surface area contributed by atoms with Crippen LogP contribution in [-0.2, 0) is 16.4 Å². The molecule has 0 bridgehead atoms. The third-order valence-corrected chi connectivity index (χ3v) is 4.42. The van der Waals surface area contributed by atoms with E-state index < -0.39 is 9.84 Å². The van der Waals surface area contributed by atoms with Crippen LogP contribution in [0, 0.1) is 0 Å². The topological polar surface area (TPSA) is 75.3 Å². The fraction of sp³-hybridized carbons (Fsp3) is 0.167. The van der Waals surface area contributed by atoms with Crippen molar-refractivity contribution in [1.82, 2.24) is 10.6 Å². The summed E-state index contributed by atoms with van der Waals surface area (Å²) in [6, 6.07) is 16.0. The predicted octanol–water partition coefficient (Wildman–Crippen LogP) is 2.60. The minimum atomic E-state index is -3.20. The van der Waals surface area contributed by atoms with Crippen molar-refractivity contribution in [2.45, 2.75) is 11.4 Å². The Balaban J connectivity index is 1.74. The van der Waals surface area contributed by atoms with Crippen molar-refractivity contribution in [1.29, 1.82) is 0 Å². The van der Waals surface area contributed by atoms with E-state index in [0.717, 1.165) is 17.4 Å². The molecular weight excluding hydrogens is 324 g/mol. The molecule has 0 aromatic heterocycles. The van der Waals surface area contributed by atoms with Crippen molar-refractivity contribution in [2.24, 2.45) is 0 Å². The Morgan fingerprint density at radius 3 is 2.29 bits per heavy atom. The Labute approximate surface area is 142 Å². The number of nitrogens with one attached hydrogen (secondary N) is 2. The number of carbonyl (C=O) groups is 1. The molecule has 0 unspecified atom stereocenters. The molecule has 0 aliphatic carbocycles. The van der Waals surface area contributed by atoms with Crippen LogP contribution >= 0.6 is 0 Å². The summed E-state index contributed by atoms with van der Waals surface area (Å²) in [7, 11) is -3.20. The first-order valence-electron chi connectivity index (χ1n) is 7.47. The number of rotatable bonds is 6. The van der Waals surface area contributed by atoms with E-state index in [1.165, 1.54) is 12.1 Å². The molecule has 0 fully saturated rings. The SMILES string of the molecule is CS(=O)(=O)c1ccc(CNC(=O)NCC=Cc2ccccc2)cc1. The van der Waals surface area contributed by atoms with Gasteiger partial charge in [-0.3, -0.25) is 0 Å². The van der Waals surface area contributed by atoms with E-state index >= 15 is 0 Å². The van der Waals surface area contributed by atoms with Crippen LogP contribution < -0.4 is 10.6 Å². The molecule has 2 aromatic carbocycles. The molecule has 2 amide bonds. The van der Waals surface area contributed by atoms with Crippen LogP contribution in [0.25, 0.3) is 6.08 Å². The number of hydrogen-bond donors (Lipinski definition) is 2. The number of sulfone groups is 1. The Bertz CT molecular complexity index is 798. The highest BCUT2D eigenvalue weighted by molar-refractivity contribution is 7.90. The van der Waals surface area contributed by atoms with Gasteiger partial charge in [-0.2, -0.15) is 0 Å². The van der Waals surface area contributed by atoms with Gasteiger partial charge in [-0.15, -0.1) is 0 Å². The summed E-state index contributed by atoms with van der Waals surface area (Å²) < 4.78 is 22.7. The smallest absolute Gasteiger partial charge is 0.315 e. The molecule has 0 aliphatic heterocycles. The summed E-state index contributed by atoms with van der Waals surface area (Å²) in [6.07, 6.45) is 4.97. The molecule has 0 saturated carbocycles. The fourth-order valence-corrected chi connectivity index (χ4v) is 2.64. The van der Waals surface area contributed by atoms with Gasteiger partial charge >= 0.3 is 6.03 Å². The second kappa shape index (κ2) is 8.31. The normalized spacial score (nSPS) is 11.4. The highest BCUT2D eigenvalue weighted by Crippen LogP contribution is 2.10. The molecule has 0 spiro atoms. The molecule has 2 N–H and O–H groups in total. The minimum Gasteiger partial charge on any atom is -0.335 e. The van der Waals surface area contributed by atoms with E-state index in [1.807, 2.05) is 42.5 Å². The van der Waals surface area contributed by atoms with E-state index in [2.05, 4.69) is 10.6 Å². The molecule has 126 valence electrons. The van der Waals surface area contributed by atoms with Crippen molar-refractivity contribution in [3.63, 3.8) is 0 Å².